The van der Waals surface area contributed by atoms with Crippen LogP contribution in [0.2, 0.25) is 0 Å². The molecule has 15 heavy (non-hydrogen) atoms. The van der Waals surface area contributed by atoms with E-state index in [1.54, 1.807) is 14.0 Å². The van der Waals surface area contributed by atoms with Crippen LogP contribution in [0.3, 0.4) is 0 Å². The lowest BCUT2D eigenvalue weighted by molar-refractivity contribution is -0.137. The van der Waals surface area contributed by atoms with Crippen molar-refractivity contribution < 1.29 is 9.90 Å². The van der Waals surface area contributed by atoms with Crippen molar-refractivity contribution in [3.05, 3.63) is 11.3 Å². The second kappa shape index (κ2) is 4.00. The monoisotopic (exact) mass is 208 g/mol. The number of aryl methyl sites for hydroxylation is 2. The summed E-state index contributed by atoms with van der Waals surface area (Å²) in [5.74, 6) is -0.539. The molecule has 2 N–H and O–H groups in total. The molecule has 0 radical (unpaired) electrons. The number of hydrogen-bond acceptors (Lipinski definition) is 4. The molecule has 0 fully saturated rings. The van der Waals surface area contributed by atoms with Crippen molar-refractivity contribution in [3.63, 3.8) is 0 Å². The maximum Gasteiger partial charge on any atom is 0.325 e. The Morgan fingerprint density at radius 2 is 2.33 bits per heavy atom. The fourth-order valence-electron chi connectivity index (χ4n) is 1.22. The molecule has 1 atom stereocenters. The fraction of sp³-hybridized carbons (Fsp3) is 0.444. The van der Waals surface area contributed by atoms with Crippen molar-refractivity contribution in [1.82, 2.24) is 9.78 Å². The van der Waals surface area contributed by atoms with E-state index in [0.29, 0.717) is 17.1 Å². The van der Waals surface area contributed by atoms with E-state index in [2.05, 4.69) is 10.4 Å². The van der Waals surface area contributed by atoms with Gasteiger partial charge in [0, 0.05) is 7.05 Å². The van der Waals surface area contributed by atoms with Crippen LogP contribution in [0.25, 0.3) is 0 Å². The number of rotatable bonds is 3. The van der Waals surface area contributed by atoms with Gasteiger partial charge in [0.15, 0.2) is 0 Å². The van der Waals surface area contributed by atoms with Gasteiger partial charge in [-0.15, -0.1) is 0 Å². The molecular weight excluding hydrogens is 196 g/mol. The number of carboxylic acids is 1. The first-order valence-corrected chi connectivity index (χ1v) is 4.40. The van der Waals surface area contributed by atoms with E-state index in [1.165, 1.54) is 11.6 Å². The third-order valence-corrected chi connectivity index (χ3v) is 2.06. The first-order valence-electron chi connectivity index (χ1n) is 4.40. The van der Waals surface area contributed by atoms with Crippen molar-refractivity contribution >= 4 is 11.8 Å². The van der Waals surface area contributed by atoms with Gasteiger partial charge >= 0.3 is 5.97 Å². The molecule has 0 aliphatic carbocycles. The first kappa shape index (κ1) is 11.0. The largest absolute Gasteiger partial charge is 0.480 e. The normalized spacial score (nSPS) is 11.9. The average molecular weight is 208 g/mol. The quantitative estimate of drug-likeness (QED) is 0.754. The Morgan fingerprint density at radius 1 is 1.73 bits per heavy atom. The molecule has 0 amide bonds. The van der Waals surface area contributed by atoms with Crippen molar-refractivity contribution in [2.24, 2.45) is 7.05 Å². The molecule has 0 bridgehead atoms. The predicted octanol–water partition coefficient (Wildman–Crippen LogP) is 0.485. The van der Waals surface area contributed by atoms with Crippen LogP contribution in [0, 0.1) is 18.3 Å². The molecule has 0 saturated carbocycles. The Kier molecular flexibility index (Phi) is 2.95. The summed E-state index contributed by atoms with van der Waals surface area (Å²) >= 11 is 0. The van der Waals surface area contributed by atoms with Gasteiger partial charge < -0.3 is 10.4 Å². The van der Waals surface area contributed by atoms with Crippen LogP contribution < -0.4 is 5.32 Å². The smallest absolute Gasteiger partial charge is 0.325 e. The van der Waals surface area contributed by atoms with Gasteiger partial charge in [-0.2, -0.15) is 10.4 Å². The minimum absolute atomic E-state index is 0.380. The molecule has 1 rings (SSSR count). The zero-order chi connectivity index (χ0) is 11.6. The number of hydrogen-bond donors (Lipinski definition) is 2. The molecule has 6 heteroatoms. The SMILES string of the molecule is Cc1nn(C)c(NC(C)C(=O)O)c1C#N. The second-order valence-electron chi connectivity index (χ2n) is 3.25. The van der Waals surface area contributed by atoms with E-state index in [4.69, 9.17) is 10.4 Å². The maximum absolute atomic E-state index is 10.6. The van der Waals surface area contributed by atoms with Gasteiger partial charge in [-0.25, -0.2) is 0 Å². The van der Waals surface area contributed by atoms with Crippen molar-refractivity contribution in [3.8, 4) is 6.07 Å². The van der Waals surface area contributed by atoms with Gasteiger partial charge in [0.2, 0.25) is 0 Å². The number of anilines is 1. The summed E-state index contributed by atoms with van der Waals surface area (Å²) in [6.07, 6.45) is 0. The molecule has 0 spiro atoms. The Labute approximate surface area is 87.1 Å². The first-order chi connectivity index (χ1) is 6.97. The van der Waals surface area contributed by atoms with Crippen molar-refractivity contribution in [1.29, 1.82) is 5.26 Å². The van der Waals surface area contributed by atoms with Crippen molar-refractivity contribution in [2.75, 3.05) is 5.32 Å². The third kappa shape index (κ3) is 2.07. The highest BCUT2D eigenvalue weighted by atomic mass is 16.4. The standard InChI is InChI=1S/C9H12N4O2/c1-5-7(4-10)8(13(3)12-5)11-6(2)9(14)15/h6,11H,1-3H3,(H,14,15). The fourth-order valence-corrected chi connectivity index (χ4v) is 1.22. The van der Waals surface area contributed by atoms with Gasteiger partial charge in [0.25, 0.3) is 0 Å². The lowest BCUT2D eigenvalue weighted by Crippen LogP contribution is -2.26. The zero-order valence-electron chi connectivity index (χ0n) is 8.77. The molecule has 0 aromatic carbocycles. The van der Waals surface area contributed by atoms with Crippen molar-refractivity contribution in [2.45, 2.75) is 19.9 Å². The van der Waals surface area contributed by atoms with Crippen LogP contribution in [0.15, 0.2) is 0 Å². The van der Waals surface area contributed by atoms with E-state index in [-0.39, 0.29) is 0 Å². The number of carbonyl (C=O) groups is 1. The van der Waals surface area contributed by atoms with Crippen LogP contribution in [0.1, 0.15) is 18.2 Å². The summed E-state index contributed by atoms with van der Waals surface area (Å²) in [6.45, 7) is 3.21. The molecule has 6 nitrogen and oxygen atoms in total. The number of nitriles is 1. The Bertz CT molecular complexity index is 430. The molecule has 1 aromatic rings. The number of aromatic nitrogens is 2. The average Bonchev–Trinajstić information content (AvgIpc) is 2.41. The lowest BCUT2D eigenvalue weighted by Gasteiger charge is -2.10. The third-order valence-electron chi connectivity index (χ3n) is 2.06. The molecule has 0 aliphatic heterocycles. The van der Waals surface area contributed by atoms with Gasteiger partial charge in [0.05, 0.1) is 5.69 Å². The number of nitrogens with one attached hydrogen (secondary N) is 1. The minimum Gasteiger partial charge on any atom is -0.480 e. The van der Waals surface area contributed by atoms with E-state index in [0.717, 1.165) is 0 Å². The molecule has 1 aromatic heterocycles. The number of nitrogens with zero attached hydrogens (tertiary/aromatic N) is 3. The molecule has 0 aliphatic rings. The predicted molar refractivity (Wildman–Crippen MR) is 53.4 cm³/mol. The minimum atomic E-state index is -0.974. The topological polar surface area (TPSA) is 90.9 Å². The van der Waals surface area contributed by atoms with Gasteiger partial charge in [-0.1, -0.05) is 0 Å². The van der Waals surface area contributed by atoms with E-state index >= 15 is 0 Å². The molecule has 1 heterocycles. The van der Waals surface area contributed by atoms with Gasteiger partial charge in [-0.3, -0.25) is 9.48 Å². The van der Waals surface area contributed by atoms with E-state index in [9.17, 15) is 4.79 Å². The summed E-state index contributed by atoms with van der Waals surface area (Å²) in [6, 6.07) is 1.23. The van der Waals surface area contributed by atoms with Gasteiger partial charge in [-0.05, 0) is 13.8 Å². The van der Waals surface area contributed by atoms with E-state index in [1.807, 2.05) is 6.07 Å². The Balaban J connectivity index is 3.05. The number of carboxylic acid groups (broad SMARTS) is 1. The summed E-state index contributed by atoms with van der Waals surface area (Å²) in [7, 11) is 1.66. The van der Waals surface area contributed by atoms with E-state index < -0.39 is 12.0 Å². The molecule has 80 valence electrons. The van der Waals surface area contributed by atoms with Crippen LogP contribution >= 0.6 is 0 Å². The summed E-state index contributed by atoms with van der Waals surface area (Å²) in [4.78, 5) is 10.6. The second-order valence-corrected chi connectivity index (χ2v) is 3.25. The summed E-state index contributed by atoms with van der Waals surface area (Å²) in [5, 5.41) is 24.4. The van der Waals surface area contributed by atoms with Crippen LogP contribution in [0.5, 0.6) is 0 Å². The van der Waals surface area contributed by atoms with Crippen LogP contribution in [0.4, 0.5) is 5.82 Å². The molecular formula is C9H12N4O2. The molecule has 1 unspecified atom stereocenters. The Morgan fingerprint density at radius 3 is 2.80 bits per heavy atom. The highest BCUT2D eigenvalue weighted by molar-refractivity contribution is 5.77. The lowest BCUT2D eigenvalue weighted by atomic mass is 10.2. The maximum atomic E-state index is 10.6. The summed E-state index contributed by atoms with van der Waals surface area (Å²) in [5.41, 5.74) is 0.964. The van der Waals surface area contributed by atoms with Crippen LogP contribution in [-0.4, -0.2) is 26.9 Å². The highest BCUT2D eigenvalue weighted by Gasteiger charge is 2.17. The van der Waals surface area contributed by atoms with Crippen LogP contribution in [-0.2, 0) is 11.8 Å². The highest BCUT2D eigenvalue weighted by Crippen LogP contribution is 2.17. The molecule has 0 saturated heterocycles. The summed E-state index contributed by atoms with van der Waals surface area (Å²) < 4.78 is 1.47. The number of aliphatic carboxylic acids is 1. The Hall–Kier alpha value is -2.03. The zero-order valence-corrected chi connectivity index (χ0v) is 8.77. The van der Waals surface area contributed by atoms with Gasteiger partial charge in [0.1, 0.15) is 23.5 Å².